The molecule has 0 unspecified atom stereocenters. The van der Waals surface area contributed by atoms with Crippen LogP contribution in [-0.2, 0) is 4.79 Å². The molecule has 39 heavy (non-hydrogen) atoms. The first-order valence-corrected chi connectivity index (χ1v) is 11.8. The number of amides is 3. The van der Waals surface area contributed by atoms with Crippen LogP contribution in [0.1, 0.15) is 57.6 Å². The molecule has 4 aromatic rings. The Morgan fingerprint density at radius 3 is 2.41 bits per heavy atom. The monoisotopic (exact) mass is 527 g/mol. The summed E-state index contributed by atoms with van der Waals surface area (Å²) in [6.07, 6.45) is 0. The third-order valence-electron chi connectivity index (χ3n) is 5.87. The summed E-state index contributed by atoms with van der Waals surface area (Å²) in [5, 5.41) is 30.8. The van der Waals surface area contributed by atoms with Crippen molar-refractivity contribution in [3.8, 4) is 17.2 Å². The Morgan fingerprint density at radius 2 is 1.77 bits per heavy atom. The molecule has 0 aliphatic carbocycles. The number of carbonyl (C=O) groups is 4. The average molecular weight is 528 g/mol. The fraction of sp³-hybridized carbons (Fsp3) is 0.143. The zero-order chi connectivity index (χ0) is 28.3. The zero-order valence-corrected chi connectivity index (χ0v) is 21.2. The molecule has 0 fully saturated rings. The molecule has 3 amide bonds. The van der Waals surface area contributed by atoms with Gasteiger partial charge in [0.1, 0.15) is 0 Å². The smallest absolute Gasteiger partial charge is 0.337 e. The minimum atomic E-state index is -1.32. The summed E-state index contributed by atoms with van der Waals surface area (Å²) >= 11 is 0. The molecular formula is C28H25N5O6. The van der Waals surface area contributed by atoms with Crippen molar-refractivity contribution in [2.75, 3.05) is 17.2 Å². The number of benzene rings is 3. The highest BCUT2D eigenvalue weighted by Gasteiger charge is 2.23. The van der Waals surface area contributed by atoms with Gasteiger partial charge >= 0.3 is 5.97 Å². The van der Waals surface area contributed by atoms with Crippen LogP contribution in [0.4, 0.5) is 11.4 Å². The molecule has 11 heteroatoms. The Hall–Kier alpha value is -5.50. The molecule has 0 radical (unpaired) electrons. The number of aromatic carboxylic acids is 1. The van der Waals surface area contributed by atoms with Gasteiger partial charge in [-0.3, -0.25) is 14.4 Å². The maximum Gasteiger partial charge on any atom is 0.337 e. The number of hydrogen-bond acceptors (Lipinski definition) is 7. The lowest BCUT2D eigenvalue weighted by Crippen LogP contribution is -2.23. The van der Waals surface area contributed by atoms with Gasteiger partial charge in [0.05, 0.1) is 33.8 Å². The molecule has 0 atom stereocenters. The van der Waals surface area contributed by atoms with Crippen LogP contribution in [0.3, 0.4) is 0 Å². The van der Waals surface area contributed by atoms with Crippen molar-refractivity contribution in [2.24, 2.45) is 0 Å². The average Bonchev–Trinajstić information content (AvgIpc) is 3.31. The van der Waals surface area contributed by atoms with Crippen molar-refractivity contribution in [3.05, 3.63) is 76.5 Å². The minimum absolute atomic E-state index is 0. The van der Waals surface area contributed by atoms with E-state index >= 15 is 0 Å². The van der Waals surface area contributed by atoms with Gasteiger partial charge in [0, 0.05) is 20.6 Å². The Balaban J connectivity index is 0.00000441. The number of rotatable bonds is 7. The number of nitrogens with one attached hydrogen (secondary N) is 3. The predicted octanol–water partition coefficient (Wildman–Crippen LogP) is 4.58. The Morgan fingerprint density at radius 1 is 1.00 bits per heavy atom. The number of carboxylic acids is 1. The first kappa shape index (κ1) is 26.6. The number of anilines is 2. The van der Waals surface area contributed by atoms with Gasteiger partial charge in [-0.2, -0.15) is 5.26 Å². The van der Waals surface area contributed by atoms with E-state index in [0.29, 0.717) is 34.3 Å². The van der Waals surface area contributed by atoms with Crippen LogP contribution >= 0.6 is 0 Å². The van der Waals surface area contributed by atoms with Gasteiger partial charge in [-0.25, -0.2) is 4.79 Å². The number of nitrogens with zero attached hydrogens (tertiary/aromatic N) is 2. The number of fused-ring (bicyclic) bond motifs is 1. The molecule has 3 aromatic carbocycles. The van der Waals surface area contributed by atoms with E-state index in [1.807, 2.05) is 13.0 Å². The highest BCUT2D eigenvalue weighted by molar-refractivity contribution is 6.14. The SMILES string of the molecule is CCNC(=O)c1cc2onc(C(=O)Nc3ccc(C#N)cc3C(=O)O)c2cc1-c1ccc(NC(C)=O)cc1C.[HH]. The highest BCUT2D eigenvalue weighted by atomic mass is 16.5. The Kier molecular flexibility index (Phi) is 7.39. The van der Waals surface area contributed by atoms with Crippen molar-refractivity contribution in [2.45, 2.75) is 20.8 Å². The van der Waals surface area contributed by atoms with Crippen LogP contribution in [0.5, 0.6) is 0 Å². The lowest BCUT2D eigenvalue weighted by molar-refractivity contribution is -0.114. The second-order valence-electron chi connectivity index (χ2n) is 8.63. The summed E-state index contributed by atoms with van der Waals surface area (Å²) in [4.78, 5) is 49.3. The van der Waals surface area contributed by atoms with Crippen LogP contribution in [0.15, 0.2) is 53.1 Å². The number of nitriles is 1. The molecule has 0 aliphatic heterocycles. The lowest BCUT2D eigenvalue weighted by atomic mass is 9.93. The van der Waals surface area contributed by atoms with Crippen LogP contribution < -0.4 is 16.0 Å². The summed E-state index contributed by atoms with van der Waals surface area (Å²) in [5.74, 6) is -2.64. The first-order valence-electron chi connectivity index (χ1n) is 11.8. The number of aromatic nitrogens is 1. The van der Waals surface area contributed by atoms with Gasteiger partial charge in [-0.1, -0.05) is 11.2 Å². The quantitative estimate of drug-likeness (QED) is 0.270. The Labute approximate surface area is 223 Å². The normalized spacial score (nSPS) is 10.5. The van der Waals surface area contributed by atoms with Crippen molar-refractivity contribution < 1.29 is 30.2 Å². The maximum absolute atomic E-state index is 13.2. The summed E-state index contributed by atoms with van der Waals surface area (Å²) in [6, 6.07) is 14.0. The van der Waals surface area contributed by atoms with Gasteiger partial charge in [0.2, 0.25) is 5.91 Å². The van der Waals surface area contributed by atoms with E-state index in [4.69, 9.17) is 9.78 Å². The van der Waals surface area contributed by atoms with Crippen molar-refractivity contribution >= 4 is 46.0 Å². The molecule has 198 valence electrons. The van der Waals surface area contributed by atoms with E-state index in [0.717, 1.165) is 11.6 Å². The number of carbonyl (C=O) groups excluding carboxylic acids is 3. The van der Waals surface area contributed by atoms with Gasteiger partial charge in [0.25, 0.3) is 11.8 Å². The standard InChI is InChI=1S/C28H23N5O6.H2/c1-4-30-26(35)20-12-24-22(11-19(20)18-7-6-17(9-14(18)2)31-15(3)34)25(33-39-24)27(36)32-23-8-5-16(13-29)10-21(23)28(37)38;/h5-12H,4H2,1-3H3,(H,30,35)(H,31,34)(H,32,36)(H,37,38);1H. The molecule has 0 saturated carbocycles. The molecule has 1 aromatic heterocycles. The number of carboxylic acid groups (broad SMARTS) is 1. The second kappa shape index (κ2) is 10.9. The molecule has 0 saturated heterocycles. The summed E-state index contributed by atoms with van der Waals surface area (Å²) in [5.41, 5.74) is 2.72. The number of hydrogen-bond donors (Lipinski definition) is 4. The van der Waals surface area contributed by atoms with Crippen molar-refractivity contribution in [3.63, 3.8) is 0 Å². The highest BCUT2D eigenvalue weighted by Crippen LogP contribution is 2.34. The molecule has 0 bridgehead atoms. The van der Waals surface area contributed by atoms with Crippen LogP contribution in [0, 0.1) is 18.3 Å². The topological polar surface area (TPSA) is 174 Å². The molecule has 4 N–H and O–H groups in total. The first-order chi connectivity index (χ1) is 18.6. The van der Waals surface area contributed by atoms with E-state index < -0.39 is 11.9 Å². The summed E-state index contributed by atoms with van der Waals surface area (Å²) in [7, 11) is 0. The second-order valence-corrected chi connectivity index (χ2v) is 8.63. The summed E-state index contributed by atoms with van der Waals surface area (Å²) in [6.45, 7) is 5.40. The van der Waals surface area contributed by atoms with E-state index in [2.05, 4.69) is 21.1 Å². The van der Waals surface area contributed by atoms with Gasteiger partial charge in [0.15, 0.2) is 11.3 Å². The van der Waals surface area contributed by atoms with Gasteiger partial charge in [-0.05, 0) is 73.0 Å². The maximum atomic E-state index is 13.2. The van der Waals surface area contributed by atoms with Crippen molar-refractivity contribution in [1.29, 1.82) is 5.26 Å². The molecular weight excluding hydrogens is 502 g/mol. The Bertz CT molecular complexity index is 1710. The minimum Gasteiger partial charge on any atom is -0.478 e. The predicted molar refractivity (Wildman–Crippen MR) is 145 cm³/mol. The van der Waals surface area contributed by atoms with E-state index in [9.17, 15) is 24.3 Å². The molecule has 0 aliphatic rings. The molecule has 11 nitrogen and oxygen atoms in total. The van der Waals surface area contributed by atoms with Gasteiger partial charge < -0.3 is 25.6 Å². The lowest BCUT2D eigenvalue weighted by Gasteiger charge is -2.14. The molecule has 4 rings (SSSR count). The van der Waals surface area contributed by atoms with E-state index in [1.165, 1.54) is 25.1 Å². The van der Waals surface area contributed by atoms with Gasteiger partial charge in [-0.15, -0.1) is 0 Å². The van der Waals surface area contributed by atoms with E-state index in [-0.39, 0.29) is 41.3 Å². The zero-order valence-electron chi connectivity index (χ0n) is 21.2. The van der Waals surface area contributed by atoms with Crippen LogP contribution in [0.25, 0.3) is 22.1 Å². The fourth-order valence-electron chi connectivity index (χ4n) is 4.14. The molecule has 0 spiro atoms. The van der Waals surface area contributed by atoms with E-state index in [1.54, 1.807) is 31.2 Å². The van der Waals surface area contributed by atoms with Crippen LogP contribution in [-0.4, -0.2) is 40.5 Å². The third kappa shape index (κ3) is 5.45. The third-order valence-corrected chi connectivity index (χ3v) is 5.87. The van der Waals surface area contributed by atoms with Crippen LogP contribution in [0.2, 0.25) is 0 Å². The van der Waals surface area contributed by atoms with Crippen molar-refractivity contribution in [1.82, 2.24) is 10.5 Å². The fourth-order valence-corrected chi connectivity index (χ4v) is 4.14. The number of aryl methyl sites for hydroxylation is 1. The largest absolute Gasteiger partial charge is 0.478 e. The summed E-state index contributed by atoms with van der Waals surface area (Å²) < 4.78 is 5.38. The molecule has 1 heterocycles.